The number of halogens is 6. The van der Waals surface area contributed by atoms with Gasteiger partial charge in [0.25, 0.3) is 0 Å². The Bertz CT molecular complexity index is 689. The second-order valence-electron chi connectivity index (χ2n) is 4.04. The predicted molar refractivity (Wildman–Crippen MR) is 77.7 cm³/mol. The van der Waals surface area contributed by atoms with Crippen LogP contribution in [0.2, 0.25) is 0 Å². The molecule has 0 saturated carbocycles. The first kappa shape index (κ1) is 16.1. The van der Waals surface area contributed by atoms with E-state index in [1.807, 2.05) is 0 Å². The van der Waals surface area contributed by atoms with Crippen molar-refractivity contribution in [3.63, 3.8) is 0 Å². The van der Waals surface area contributed by atoms with Crippen LogP contribution >= 0.6 is 31.9 Å². The van der Waals surface area contributed by atoms with Crippen LogP contribution in [0.3, 0.4) is 0 Å². The van der Waals surface area contributed by atoms with Crippen LogP contribution in [0.15, 0.2) is 39.3 Å². The van der Waals surface area contributed by atoms with Gasteiger partial charge in [0.15, 0.2) is 5.75 Å². The largest absolute Gasteiger partial charge is 0.454 e. The number of nitrogens with two attached hydrogens (primary N) is 1. The molecule has 0 aliphatic carbocycles. The van der Waals surface area contributed by atoms with Gasteiger partial charge in [0.2, 0.25) is 0 Å². The summed E-state index contributed by atoms with van der Waals surface area (Å²) in [4.78, 5) is 0. The normalized spacial score (nSPS) is 11.5. The Balaban J connectivity index is 2.47. The van der Waals surface area contributed by atoms with E-state index >= 15 is 0 Å². The quantitative estimate of drug-likeness (QED) is 0.488. The molecule has 0 fully saturated rings. The molecule has 2 aromatic rings. The number of nitrogen functional groups attached to an aromatic ring is 1. The molecule has 0 saturated heterocycles. The molecule has 0 aliphatic heterocycles. The van der Waals surface area contributed by atoms with Crippen molar-refractivity contribution in [3.8, 4) is 11.5 Å². The zero-order valence-corrected chi connectivity index (χ0v) is 13.3. The summed E-state index contributed by atoms with van der Waals surface area (Å²) in [7, 11) is 0. The van der Waals surface area contributed by atoms with Gasteiger partial charge in [0.1, 0.15) is 11.6 Å². The third-order valence-electron chi connectivity index (χ3n) is 2.52. The lowest BCUT2D eigenvalue weighted by molar-refractivity contribution is -0.138. The molecule has 2 N–H and O–H groups in total. The average molecular weight is 429 g/mol. The Hall–Kier alpha value is -1.28. The van der Waals surface area contributed by atoms with E-state index in [0.717, 1.165) is 18.2 Å². The van der Waals surface area contributed by atoms with Crippen molar-refractivity contribution in [1.82, 2.24) is 0 Å². The second-order valence-corrected chi connectivity index (χ2v) is 5.81. The lowest BCUT2D eigenvalue weighted by Gasteiger charge is -2.15. The van der Waals surface area contributed by atoms with Crippen molar-refractivity contribution in [1.29, 1.82) is 0 Å². The Morgan fingerprint density at radius 2 is 1.67 bits per heavy atom. The average Bonchev–Trinajstić information content (AvgIpc) is 2.36. The van der Waals surface area contributed by atoms with Crippen LogP contribution in [0.5, 0.6) is 11.5 Å². The van der Waals surface area contributed by atoms with Gasteiger partial charge in [-0.25, -0.2) is 4.39 Å². The fourth-order valence-corrected chi connectivity index (χ4v) is 2.29. The van der Waals surface area contributed by atoms with Crippen LogP contribution in [0.25, 0.3) is 0 Å². The lowest BCUT2D eigenvalue weighted by atomic mass is 10.2. The molecule has 112 valence electrons. The van der Waals surface area contributed by atoms with E-state index < -0.39 is 23.3 Å². The number of alkyl halides is 3. The Kier molecular flexibility index (Phi) is 4.48. The van der Waals surface area contributed by atoms with Crippen molar-refractivity contribution in [3.05, 3.63) is 50.7 Å². The number of hydrogen-bond donors (Lipinski definition) is 1. The summed E-state index contributed by atoms with van der Waals surface area (Å²) in [5, 5.41) is 0. The summed E-state index contributed by atoms with van der Waals surface area (Å²) in [5.41, 5.74) is 4.64. The minimum Gasteiger partial charge on any atom is -0.454 e. The monoisotopic (exact) mass is 427 g/mol. The summed E-state index contributed by atoms with van der Waals surface area (Å²) < 4.78 is 57.8. The zero-order chi connectivity index (χ0) is 15.8. The summed E-state index contributed by atoms with van der Waals surface area (Å²) in [6.45, 7) is 0. The minimum absolute atomic E-state index is 0.0133. The molecule has 2 rings (SSSR count). The molecule has 2 aromatic carbocycles. The standard InChI is InChI=1S/C13H7Br2F4NO/c14-6-1-2-11(7(3-6)13(17,18)19)21-12-5-9(16)8(15)4-10(12)20/h1-5H,20H2. The maximum Gasteiger partial charge on any atom is 0.420 e. The molecule has 0 heterocycles. The van der Waals surface area contributed by atoms with E-state index in [4.69, 9.17) is 10.5 Å². The van der Waals surface area contributed by atoms with Gasteiger partial charge in [-0.15, -0.1) is 0 Å². The SMILES string of the molecule is Nc1cc(Br)c(F)cc1Oc1ccc(Br)cc1C(F)(F)F. The molecular weight excluding hydrogens is 422 g/mol. The molecule has 0 unspecified atom stereocenters. The first-order chi connectivity index (χ1) is 9.68. The first-order valence-electron chi connectivity index (χ1n) is 5.47. The summed E-state index contributed by atoms with van der Waals surface area (Å²) in [6.07, 6.45) is -4.61. The topological polar surface area (TPSA) is 35.2 Å². The fourth-order valence-electron chi connectivity index (χ4n) is 1.56. The molecule has 0 radical (unpaired) electrons. The maximum atomic E-state index is 13.4. The number of rotatable bonds is 2. The Morgan fingerprint density at radius 1 is 1.00 bits per heavy atom. The van der Waals surface area contributed by atoms with Gasteiger partial charge in [-0.2, -0.15) is 13.2 Å². The minimum atomic E-state index is -4.61. The van der Waals surface area contributed by atoms with Gasteiger partial charge in [0.05, 0.1) is 15.7 Å². The molecule has 0 aliphatic rings. The molecule has 2 nitrogen and oxygen atoms in total. The number of benzene rings is 2. The van der Waals surface area contributed by atoms with Crippen molar-refractivity contribution >= 4 is 37.5 Å². The van der Waals surface area contributed by atoms with E-state index in [1.54, 1.807) is 0 Å². The number of ether oxygens (including phenoxy) is 1. The molecule has 0 aromatic heterocycles. The van der Waals surface area contributed by atoms with Gasteiger partial charge in [-0.3, -0.25) is 0 Å². The van der Waals surface area contributed by atoms with Gasteiger partial charge in [-0.1, -0.05) is 15.9 Å². The van der Waals surface area contributed by atoms with Gasteiger partial charge in [-0.05, 0) is 40.2 Å². The van der Waals surface area contributed by atoms with Crippen molar-refractivity contribution < 1.29 is 22.3 Å². The predicted octanol–water partition coefficient (Wildman–Crippen LogP) is 5.74. The molecule has 0 spiro atoms. The van der Waals surface area contributed by atoms with Crippen LogP contribution in [0, 0.1) is 5.82 Å². The van der Waals surface area contributed by atoms with E-state index in [1.165, 1.54) is 12.1 Å². The van der Waals surface area contributed by atoms with Crippen molar-refractivity contribution in [2.75, 3.05) is 5.73 Å². The van der Waals surface area contributed by atoms with Gasteiger partial charge >= 0.3 is 6.18 Å². The summed E-state index contributed by atoms with van der Waals surface area (Å²) >= 11 is 5.89. The van der Waals surface area contributed by atoms with E-state index in [9.17, 15) is 17.6 Å². The van der Waals surface area contributed by atoms with Crippen LogP contribution in [0.4, 0.5) is 23.2 Å². The summed E-state index contributed by atoms with van der Waals surface area (Å²) in [6, 6.07) is 5.53. The Labute approximate surface area is 134 Å². The molecule has 8 heteroatoms. The third-order valence-corrected chi connectivity index (χ3v) is 3.62. The molecule has 0 atom stereocenters. The highest BCUT2D eigenvalue weighted by atomic mass is 79.9. The highest BCUT2D eigenvalue weighted by molar-refractivity contribution is 9.10. The molecule has 0 amide bonds. The number of hydrogen-bond acceptors (Lipinski definition) is 2. The van der Waals surface area contributed by atoms with Crippen LogP contribution in [0.1, 0.15) is 5.56 Å². The molecule has 0 bridgehead atoms. The molecule has 21 heavy (non-hydrogen) atoms. The van der Waals surface area contributed by atoms with Crippen LogP contribution in [-0.4, -0.2) is 0 Å². The zero-order valence-electron chi connectivity index (χ0n) is 10.1. The second kappa shape index (κ2) is 5.84. The first-order valence-corrected chi connectivity index (χ1v) is 7.06. The van der Waals surface area contributed by atoms with E-state index in [0.29, 0.717) is 0 Å². The lowest BCUT2D eigenvalue weighted by Crippen LogP contribution is -2.07. The van der Waals surface area contributed by atoms with Gasteiger partial charge in [0, 0.05) is 10.5 Å². The maximum absolute atomic E-state index is 13.4. The van der Waals surface area contributed by atoms with Crippen LogP contribution < -0.4 is 10.5 Å². The highest BCUT2D eigenvalue weighted by Gasteiger charge is 2.35. The van der Waals surface area contributed by atoms with Crippen molar-refractivity contribution in [2.24, 2.45) is 0 Å². The fraction of sp³-hybridized carbons (Fsp3) is 0.0769. The third kappa shape index (κ3) is 3.68. The van der Waals surface area contributed by atoms with E-state index in [-0.39, 0.29) is 20.4 Å². The number of anilines is 1. The smallest absolute Gasteiger partial charge is 0.420 e. The summed E-state index contributed by atoms with van der Waals surface area (Å²) in [5.74, 6) is -1.34. The Morgan fingerprint density at radius 3 is 2.29 bits per heavy atom. The molecular formula is C13H7Br2F4NO. The van der Waals surface area contributed by atoms with Crippen LogP contribution in [-0.2, 0) is 6.18 Å². The van der Waals surface area contributed by atoms with Crippen molar-refractivity contribution in [2.45, 2.75) is 6.18 Å². The highest BCUT2D eigenvalue weighted by Crippen LogP contribution is 2.41. The van der Waals surface area contributed by atoms with E-state index in [2.05, 4.69) is 31.9 Å². The van der Waals surface area contributed by atoms with Gasteiger partial charge < -0.3 is 10.5 Å².